The predicted molar refractivity (Wildman–Crippen MR) is 93.3 cm³/mol. The molecule has 2 aromatic rings. The van der Waals surface area contributed by atoms with Crippen LogP contribution in [0.1, 0.15) is 18.5 Å². The fourth-order valence-electron chi connectivity index (χ4n) is 2.67. The van der Waals surface area contributed by atoms with E-state index in [1.807, 2.05) is 37.4 Å². The highest BCUT2D eigenvalue weighted by molar-refractivity contribution is 7.98. The number of nitrogens with one attached hydrogen (secondary N) is 1. The first kappa shape index (κ1) is 17.4. The van der Waals surface area contributed by atoms with Gasteiger partial charge in [0.25, 0.3) is 0 Å². The van der Waals surface area contributed by atoms with Crippen LogP contribution in [-0.2, 0) is 14.3 Å². The zero-order valence-electron chi connectivity index (χ0n) is 14.2. The molecule has 3 rings (SSSR count). The van der Waals surface area contributed by atoms with Crippen molar-refractivity contribution >= 4 is 23.7 Å². The second kappa shape index (κ2) is 7.66. The van der Waals surface area contributed by atoms with Crippen LogP contribution in [0.2, 0.25) is 0 Å². The number of benzene rings is 1. The summed E-state index contributed by atoms with van der Waals surface area (Å²) in [5.41, 5.74) is 2.06. The minimum absolute atomic E-state index is 0.187. The third-order valence-electron chi connectivity index (χ3n) is 3.89. The highest BCUT2D eigenvalue weighted by Crippen LogP contribution is 2.35. The summed E-state index contributed by atoms with van der Waals surface area (Å²) in [5.74, 6) is 0.0760. The summed E-state index contributed by atoms with van der Waals surface area (Å²) < 4.78 is 11.9. The van der Waals surface area contributed by atoms with Gasteiger partial charge in [0.2, 0.25) is 5.95 Å². The van der Waals surface area contributed by atoms with Crippen molar-refractivity contribution in [1.82, 2.24) is 20.2 Å². The van der Waals surface area contributed by atoms with Gasteiger partial charge in [0.05, 0.1) is 12.2 Å². The maximum atomic E-state index is 12.7. The Kier molecular flexibility index (Phi) is 5.34. The number of carbonyl (C=O) groups excluding carboxylic acids is 1. The molecule has 0 unspecified atom stereocenters. The summed E-state index contributed by atoms with van der Waals surface area (Å²) in [4.78, 5) is 13.8. The van der Waals surface area contributed by atoms with E-state index in [1.165, 1.54) is 0 Å². The number of ether oxygens (including phenoxy) is 2. The van der Waals surface area contributed by atoms with E-state index in [1.54, 1.807) is 23.6 Å². The van der Waals surface area contributed by atoms with Crippen molar-refractivity contribution in [3.05, 3.63) is 41.1 Å². The van der Waals surface area contributed by atoms with Crippen LogP contribution in [-0.4, -0.2) is 52.8 Å². The Labute approximate surface area is 149 Å². The first-order valence-electron chi connectivity index (χ1n) is 7.71. The minimum atomic E-state index is -0.447. The number of aromatic nitrogens is 4. The third kappa shape index (κ3) is 3.52. The van der Waals surface area contributed by atoms with Gasteiger partial charge in [0, 0.05) is 17.7 Å². The Morgan fingerprint density at radius 1 is 1.32 bits per heavy atom. The SMILES string of the molecule is COCCOC(=O)C1=C(C)Nc2nnnn2[C@H]1c1ccc(SC)cc1. The average Bonchev–Trinajstić information content (AvgIpc) is 3.08. The fraction of sp³-hybridized carbons (Fsp3) is 0.375. The largest absolute Gasteiger partial charge is 0.460 e. The number of thioether (sulfide) groups is 1. The van der Waals surface area contributed by atoms with Crippen molar-refractivity contribution < 1.29 is 14.3 Å². The van der Waals surface area contributed by atoms with E-state index < -0.39 is 12.0 Å². The molecule has 0 fully saturated rings. The van der Waals surface area contributed by atoms with E-state index in [2.05, 4.69) is 20.8 Å². The molecule has 2 heterocycles. The van der Waals surface area contributed by atoms with Crippen LogP contribution in [0.4, 0.5) is 5.95 Å². The monoisotopic (exact) mass is 361 g/mol. The molecule has 1 aliphatic heterocycles. The summed E-state index contributed by atoms with van der Waals surface area (Å²) in [6.07, 6.45) is 2.02. The molecule has 0 saturated heterocycles. The van der Waals surface area contributed by atoms with Crippen LogP contribution >= 0.6 is 11.8 Å². The number of carbonyl (C=O) groups is 1. The zero-order valence-corrected chi connectivity index (χ0v) is 15.0. The van der Waals surface area contributed by atoms with Gasteiger partial charge in [-0.25, -0.2) is 4.79 Å². The van der Waals surface area contributed by atoms with Gasteiger partial charge in [0.15, 0.2) is 0 Å². The molecule has 0 amide bonds. The van der Waals surface area contributed by atoms with E-state index in [0.717, 1.165) is 10.5 Å². The normalized spacial score (nSPS) is 16.4. The van der Waals surface area contributed by atoms with Gasteiger partial charge in [-0.05, 0) is 41.3 Å². The molecular weight excluding hydrogens is 342 g/mol. The van der Waals surface area contributed by atoms with Crippen molar-refractivity contribution in [2.24, 2.45) is 0 Å². The van der Waals surface area contributed by atoms with E-state index >= 15 is 0 Å². The Bertz CT molecular complexity index is 787. The van der Waals surface area contributed by atoms with Gasteiger partial charge >= 0.3 is 5.97 Å². The van der Waals surface area contributed by atoms with Gasteiger partial charge in [0.1, 0.15) is 12.6 Å². The smallest absolute Gasteiger partial charge is 0.338 e. The van der Waals surface area contributed by atoms with E-state index in [9.17, 15) is 4.79 Å². The van der Waals surface area contributed by atoms with Crippen LogP contribution in [0.3, 0.4) is 0 Å². The molecule has 9 heteroatoms. The maximum Gasteiger partial charge on any atom is 0.338 e. The van der Waals surface area contributed by atoms with E-state index in [0.29, 0.717) is 23.8 Å². The molecule has 1 aromatic heterocycles. The number of rotatable bonds is 6. The second-order valence-electron chi connectivity index (χ2n) is 5.42. The van der Waals surface area contributed by atoms with Crippen LogP contribution in [0.5, 0.6) is 0 Å². The van der Waals surface area contributed by atoms with E-state index in [-0.39, 0.29) is 6.61 Å². The molecule has 8 nitrogen and oxygen atoms in total. The van der Waals surface area contributed by atoms with Crippen molar-refractivity contribution in [2.75, 3.05) is 31.9 Å². The van der Waals surface area contributed by atoms with Gasteiger partial charge in [-0.3, -0.25) is 0 Å². The minimum Gasteiger partial charge on any atom is -0.460 e. The summed E-state index contributed by atoms with van der Waals surface area (Å²) >= 11 is 1.66. The predicted octanol–water partition coefficient (Wildman–Crippen LogP) is 1.87. The van der Waals surface area contributed by atoms with Crippen LogP contribution in [0.15, 0.2) is 40.4 Å². The molecule has 0 spiro atoms. The fourth-order valence-corrected chi connectivity index (χ4v) is 3.07. The number of methoxy groups -OCH3 is 1. The van der Waals surface area contributed by atoms with Gasteiger partial charge in [-0.1, -0.05) is 17.2 Å². The number of allylic oxidation sites excluding steroid dienone is 1. The lowest BCUT2D eigenvalue weighted by molar-refractivity contribution is -0.140. The van der Waals surface area contributed by atoms with Crippen molar-refractivity contribution in [2.45, 2.75) is 17.9 Å². The summed E-state index contributed by atoms with van der Waals surface area (Å²) in [6, 6.07) is 7.52. The molecule has 0 bridgehead atoms. The topological polar surface area (TPSA) is 91.2 Å². The molecular formula is C16H19N5O3S. The number of anilines is 1. The lowest BCUT2D eigenvalue weighted by Crippen LogP contribution is -2.30. The number of esters is 1. The Morgan fingerprint density at radius 2 is 2.08 bits per heavy atom. The number of hydrogen-bond acceptors (Lipinski definition) is 8. The summed E-state index contributed by atoms with van der Waals surface area (Å²) in [5, 5.41) is 14.8. The third-order valence-corrected chi connectivity index (χ3v) is 4.63. The van der Waals surface area contributed by atoms with Crippen molar-refractivity contribution in [1.29, 1.82) is 0 Å². The van der Waals surface area contributed by atoms with Gasteiger partial charge in [-0.2, -0.15) is 4.68 Å². The van der Waals surface area contributed by atoms with Crippen molar-refractivity contribution in [3.8, 4) is 0 Å². The zero-order chi connectivity index (χ0) is 17.8. The highest BCUT2D eigenvalue weighted by atomic mass is 32.2. The van der Waals surface area contributed by atoms with Gasteiger partial charge in [-0.15, -0.1) is 11.8 Å². The lowest BCUT2D eigenvalue weighted by Gasteiger charge is -2.27. The van der Waals surface area contributed by atoms with Crippen LogP contribution < -0.4 is 5.32 Å². The first-order valence-corrected chi connectivity index (χ1v) is 8.94. The molecule has 132 valence electrons. The molecule has 1 aromatic carbocycles. The first-order chi connectivity index (χ1) is 12.2. The molecule has 25 heavy (non-hydrogen) atoms. The molecule has 0 radical (unpaired) electrons. The highest BCUT2D eigenvalue weighted by Gasteiger charge is 2.34. The maximum absolute atomic E-state index is 12.7. The standard InChI is InChI=1S/C16H19N5O3S/c1-10-13(15(22)24-9-8-23-2)14(21-16(17-10)18-19-20-21)11-4-6-12(25-3)7-5-11/h4-7,14H,8-9H2,1-3H3,(H,17,18,20)/t14-/m0/s1. The second-order valence-corrected chi connectivity index (χ2v) is 6.29. The van der Waals surface area contributed by atoms with E-state index in [4.69, 9.17) is 9.47 Å². The quantitative estimate of drug-likeness (QED) is 0.474. The van der Waals surface area contributed by atoms with Crippen LogP contribution in [0, 0.1) is 0 Å². The number of tetrazole rings is 1. The summed E-state index contributed by atoms with van der Waals surface area (Å²) in [7, 11) is 1.56. The van der Waals surface area contributed by atoms with Crippen molar-refractivity contribution in [3.63, 3.8) is 0 Å². The molecule has 1 aliphatic rings. The Morgan fingerprint density at radius 3 is 2.76 bits per heavy atom. The number of fused-ring (bicyclic) bond motifs is 1. The molecule has 0 aliphatic carbocycles. The lowest BCUT2D eigenvalue weighted by atomic mass is 9.96. The Balaban J connectivity index is 1.99. The molecule has 1 atom stereocenters. The van der Waals surface area contributed by atoms with Gasteiger partial charge < -0.3 is 14.8 Å². The molecule has 1 N–H and O–H groups in total. The number of hydrogen-bond donors (Lipinski definition) is 1. The number of nitrogens with zero attached hydrogens (tertiary/aromatic N) is 4. The molecule has 0 saturated carbocycles. The average molecular weight is 361 g/mol. The Hall–Kier alpha value is -2.39. The van der Waals surface area contributed by atoms with Crippen LogP contribution in [0.25, 0.3) is 0 Å². The summed E-state index contributed by atoms with van der Waals surface area (Å²) in [6.45, 7) is 2.34.